The first-order chi connectivity index (χ1) is 7.66. The minimum Gasteiger partial charge on any atom is -0.327 e. The Labute approximate surface area is 102 Å². The van der Waals surface area contributed by atoms with Crippen molar-refractivity contribution in [1.29, 1.82) is 0 Å². The normalized spacial score (nSPS) is 24.3. The molecule has 1 saturated heterocycles. The Kier molecular flexibility index (Phi) is 3.85. The lowest BCUT2D eigenvalue weighted by molar-refractivity contribution is 0.159. The van der Waals surface area contributed by atoms with Gasteiger partial charge in [0.15, 0.2) is 0 Å². The smallest absolute Gasteiger partial charge is 0.0409 e. The third-order valence-corrected chi connectivity index (χ3v) is 3.60. The van der Waals surface area contributed by atoms with Crippen LogP contribution >= 0.6 is 11.6 Å². The molecule has 2 N–H and O–H groups in total. The van der Waals surface area contributed by atoms with Gasteiger partial charge in [-0.3, -0.25) is 4.90 Å². The van der Waals surface area contributed by atoms with E-state index in [9.17, 15) is 0 Å². The summed E-state index contributed by atoms with van der Waals surface area (Å²) in [5, 5.41) is 0.811. The van der Waals surface area contributed by atoms with E-state index in [1.54, 1.807) is 0 Å². The minimum absolute atomic E-state index is 0.329. The van der Waals surface area contributed by atoms with E-state index in [0.717, 1.165) is 24.5 Å². The molecule has 0 amide bonds. The maximum absolute atomic E-state index is 6.01. The average Bonchev–Trinajstić information content (AvgIpc) is 2.28. The second-order valence-corrected chi connectivity index (χ2v) is 5.06. The predicted octanol–water partition coefficient (Wildman–Crippen LogP) is 2.82. The molecule has 0 radical (unpaired) electrons. The zero-order chi connectivity index (χ0) is 11.5. The third-order valence-electron chi connectivity index (χ3n) is 3.37. The van der Waals surface area contributed by atoms with Crippen LogP contribution in [0.5, 0.6) is 0 Å². The summed E-state index contributed by atoms with van der Waals surface area (Å²) in [6.45, 7) is 4.36. The molecule has 1 aliphatic heterocycles. The first-order valence-electron chi connectivity index (χ1n) is 5.92. The molecule has 0 saturated carbocycles. The SMILES string of the molecule is CC(c1cccc(Cl)c1)N1CCCC(N)C1. The van der Waals surface area contributed by atoms with Crippen molar-refractivity contribution < 1.29 is 0 Å². The molecule has 0 bridgehead atoms. The van der Waals surface area contributed by atoms with Gasteiger partial charge in [-0.05, 0) is 44.0 Å². The molecule has 1 fully saturated rings. The van der Waals surface area contributed by atoms with E-state index in [0.29, 0.717) is 12.1 Å². The van der Waals surface area contributed by atoms with Gasteiger partial charge in [0.2, 0.25) is 0 Å². The number of likely N-dealkylation sites (tertiary alicyclic amines) is 1. The number of benzene rings is 1. The van der Waals surface area contributed by atoms with E-state index in [4.69, 9.17) is 17.3 Å². The third kappa shape index (κ3) is 2.76. The standard InChI is InChI=1S/C13H19ClN2/c1-10(11-4-2-5-12(14)8-11)16-7-3-6-13(15)9-16/h2,4-5,8,10,13H,3,6-7,9,15H2,1H3. The van der Waals surface area contributed by atoms with Crippen molar-refractivity contribution in [1.82, 2.24) is 4.90 Å². The first-order valence-corrected chi connectivity index (χ1v) is 6.29. The predicted molar refractivity (Wildman–Crippen MR) is 68.6 cm³/mol. The van der Waals surface area contributed by atoms with Crippen molar-refractivity contribution in [2.75, 3.05) is 13.1 Å². The van der Waals surface area contributed by atoms with Gasteiger partial charge in [0, 0.05) is 23.7 Å². The fourth-order valence-electron chi connectivity index (χ4n) is 2.37. The highest BCUT2D eigenvalue weighted by atomic mass is 35.5. The molecule has 1 aromatic rings. The highest BCUT2D eigenvalue weighted by molar-refractivity contribution is 6.30. The molecule has 1 aromatic carbocycles. The maximum atomic E-state index is 6.01. The molecule has 1 heterocycles. The molecule has 88 valence electrons. The van der Waals surface area contributed by atoms with E-state index < -0.39 is 0 Å². The summed E-state index contributed by atoms with van der Waals surface area (Å²) in [5.74, 6) is 0. The highest BCUT2D eigenvalue weighted by Crippen LogP contribution is 2.25. The lowest BCUT2D eigenvalue weighted by atomic mass is 10.0. The first kappa shape index (κ1) is 11.9. The van der Waals surface area contributed by atoms with Crippen LogP contribution in [0.4, 0.5) is 0 Å². The van der Waals surface area contributed by atoms with Gasteiger partial charge in [-0.25, -0.2) is 0 Å². The van der Waals surface area contributed by atoms with Crippen LogP contribution in [0.2, 0.25) is 5.02 Å². The second kappa shape index (κ2) is 5.17. The summed E-state index contributed by atoms with van der Waals surface area (Å²) >= 11 is 6.01. The Morgan fingerprint density at radius 2 is 2.31 bits per heavy atom. The lowest BCUT2D eigenvalue weighted by Gasteiger charge is -2.35. The minimum atomic E-state index is 0.329. The van der Waals surface area contributed by atoms with E-state index in [2.05, 4.69) is 17.9 Å². The number of rotatable bonds is 2. The lowest BCUT2D eigenvalue weighted by Crippen LogP contribution is -2.43. The molecular formula is C13H19ClN2. The van der Waals surface area contributed by atoms with Crippen LogP contribution in [0.15, 0.2) is 24.3 Å². The van der Waals surface area contributed by atoms with Crippen LogP contribution < -0.4 is 5.73 Å². The van der Waals surface area contributed by atoms with Crippen LogP contribution in [-0.2, 0) is 0 Å². The Morgan fingerprint density at radius 3 is 3.00 bits per heavy atom. The van der Waals surface area contributed by atoms with Gasteiger partial charge in [-0.15, -0.1) is 0 Å². The van der Waals surface area contributed by atoms with Gasteiger partial charge in [-0.1, -0.05) is 23.7 Å². The number of nitrogens with zero attached hydrogens (tertiary/aromatic N) is 1. The van der Waals surface area contributed by atoms with E-state index in [1.165, 1.54) is 12.0 Å². The van der Waals surface area contributed by atoms with Crippen LogP contribution in [0.3, 0.4) is 0 Å². The summed E-state index contributed by atoms with van der Waals surface area (Å²) in [7, 11) is 0. The van der Waals surface area contributed by atoms with Crippen molar-refractivity contribution >= 4 is 11.6 Å². The molecule has 16 heavy (non-hydrogen) atoms. The second-order valence-electron chi connectivity index (χ2n) is 4.63. The number of halogens is 1. The van der Waals surface area contributed by atoms with E-state index >= 15 is 0 Å². The molecule has 1 aliphatic rings. The highest BCUT2D eigenvalue weighted by Gasteiger charge is 2.22. The summed E-state index contributed by atoms with van der Waals surface area (Å²) < 4.78 is 0. The number of hydrogen-bond donors (Lipinski definition) is 1. The van der Waals surface area contributed by atoms with E-state index in [1.807, 2.05) is 18.2 Å². The van der Waals surface area contributed by atoms with Crippen LogP contribution in [-0.4, -0.2) is 24.0 Å². The molecule has 2 rings (SSSR count). The zero-order valence-electron chi connectivity index (χ0n) is 9.70. The Balaban J connectivity index is 2.09. The maximum Gasteiger partial charge on any atom is 0.0409 e. The number of nitrogens with two attached hydrogens (primary N) is 1. The monoisotopic (exact) mass is 238 g/mol. The van der Waals surface area contributed by atoms with Crippen LogP contribution in [0.1, 0.15) is 31.4 Å². The van der Waals surface area contributed by atoms with Crippen molar-refractivity contribution in [2.45, 2.75) is 31.8 Å². The molecule has 2 atom stereocenters. The average molecular weight is 239 g/mol. The summed E-state index contributed by atoms with van der Waals surface area (Å²) in [6.07, 6.45) is 2.35. The number of piperidine rings is 1. The Bertz CT molecular complexity index is 354. The van der Waals surface area contributed by atoms with Crippen LogP contribution in [0.25, 0.3) is 0 Å². The summed E-state index contributed by atoms with van der Waals surface area (Å²) in [4.78, 5) is 2.44. The van der Waals surface area contributed by atoms with Gasteiger partial charge in [0.1, 0.15) is 0 Å². The fraction of sp³-hybridized carbons (Fsp3) is 0.538. The molecule has 2 unspecified atom stereocenters. The van der Waals surface area contributed by atoms with Crippen LogP contribution in [0, 0.1) is 0 Å². The van der Waals surface area contributed by atoms with E-state index in [-0.39, 0.29) is 0 Å². The van der Waals surface area contributed by atoms with Gasteiger partial charge in [-0.2, -0.15) is 0 Å². The Morgan fingerprint density at radius 1 is 1.50 bits per heavy atom. The van der Waals surface area contributed by atoms with Gasteiger partial charge >= 0.3 is 0 Å². The molecule has 0 aliphatic carbocycles. The van der Waals surface area contributed by atoms with Crippen molar-refractivity contribution in [3.05, 3.63) is 34.9 Å². The largest absolute Gasteiger partial charge is 0.327 e. The molecule has 3 heteroatoms. The summed E-state index contributed by atoms with van der Waals surface area (Å²) in [5.41, 5.74) is 7.28. The molecule has 0 aromatic heterocycles. The van der Waals surface area contributed by atoms with Crippen molar-refractivity contribution in [3.63, 3.8) is 0 Å². The molecular weight excluding hydrogens is 220 g/mol. The van der Waals surface area contributed by atoms with Crippen molar-refractivity contribution in [2.24, 2.45) is 5.73 Å². The zero-order valence-corrected chi connectivity index (χ0v) is 10.5. The summed E-state index contributed by atoms with van der Waals surface area (Å²) in [6, 6.07) is 8.85. The fourth-order valence-corrected chi connectivity index (χ4v) is 2.57. The molecule has 0 spiro atoms. The number of hydrogen-bond acceptors (Lipinski definition) is 2. The van der Waals surface area contributed by atoms with Gasteiger partial charge in [0.05, 0.1) is 0 Å². The van der Waals surface area contributed by atoms with Crippen molar-refractivity contribution in [3.8, 4) is 0 Å². The van der Waals surface area contributed by atoms with Gasteiger partial charge < -0.3 is 5.73 Å². The Hall–Kier alpha value is -0.570. The molecule has 2 nitrogen and oxygen atoms in total. The topological polar surface area (TPSA) is 29.3 Å². The quantitative estimate of drug-likeness (QED) is 0.859. The van der Waals surface area contributed by atoms with Gasteiger partial charge in [0.25, 0.3) is 0 Å².